The number of anilines is 1. The Hall–Kier alpha value is -2.15. The van der Waals surface area contributed by atoms with Crippen LogP contribution in [-0.2, 0) is 13.1 Å². The number of hydrogen-bond donors (Lipinski definition) is 1. The normalized spacial score (nSPS) is 11.0. The molecule has 0 aliphatic carbocycles. The zero-order valence-corrected chi connectivity index (χ0v) is 15.4. The fraction of sp³-hybridized carbons (Fsp3) is 0.353. The summed E-state index contributed by atoms with van der Waals surface area (Å²) in [4.78, 5) is 0. The fourth-order valence-corrected chi connectivity index (χ4v) is 2.95. The molecular formula is C17H20BrN5O. The summed E-state index contributed by atoms with van der Waals surface area (Å²) in [6, 6.07) is 10.1. The van der Waals surface area contributed by atoms with E-state index in [1.54, 1.807) is 4.68 Å². The number of hydrogen-bond acceptors (Lipinski definition) is 5. The van der Waals surface area contributed by atoms with Crippen molar-refractivity contribution in [3.05, 3.63) is 46.1 Å². The van der Waals surface area contributed by atoms with Crippen molar-refractivity contribution < 1.29 is 4.42 Å². The molecule has 0 aliphatic rings. The van der Waals surface area contributed by atoms with E-state index < -0.39 is 0 Å². The highest BCUT2D eigenvalue weighted by molar-refractivity contribution is 9.10. The Morgan fingerprint density at radius 1 is 1.25 bits per heavy atom. The van der Waals surface area contributed by atoms with Gasteiger partial charge in [-0.3, -0.25) is 0 Å². The topological polar surface area (TPSA) is 68.8 Å². The molecule has 0 unspecified atom stereocenters. The zero-order chi connectivity index (χ0) is 16.9. The van der Waals surface area contributed by atoms with Crippen molar-refractivity contribution >= 4 is 21.9 Å². The largest absolute Gasteiger partial charge is 0.459 e. The highest BCUT2D eigenvalue weighted by atomic mass is 79.9. The monoisotopic (exact) mass is 389 g/mol. The second-order valence-corrected chi connectivity index (χ2v) is 6.57. The molecular weight excluding hydrogens is 370 g/mol. The average Bonchev–Trinajstić information content (AvgIpc) is 3.20. The SMILES string of the molecule is CCCCn1nnnc1NCc1ccc(-c2ccc(Br)cc2C)o1. The number of aromatic nitrogens is 4. The molecule has 0 aliphatic heterocycles. The number of furan rings is 1. The van der Waals surface area contributed by atoms with Crippen molar-refractivity contribution in [2.24, 2.45) is 0 Å². The van der Waals surface area contributed by atoms with E-state index in [0.29, 0.717) is 12.5 Å². The number of halogens is 1. The summed E-state index contributed by atoms with van der Waals surface area (Å²) in [6.45, 7) is 5.57. The molecule has 2 aromatic heterocycles. The number of aryl methyl sites for hydroxylation is 2. The Morgan fingerprint density at radius 3 is 2.92 bits per heavy atom. The summed E-state index contributed by atoms with van der Waals surface area (Å²) in [6.07, 6.45) is 2.15. The number of rotatable bonds is 7. The van der Waals surface area contributed by atoms with Gasteiger partial charge in [0.2, 0.25) is 5.95 Å². The lowest BCUT2D eigenvalue weighted by atomic mass is 10.1. The van der Waals surface area contributed by atoms with Crippen LogP contribution in [0.15, 0.2) is 39.2 Å². The van der Waals surface area contributed by atoms with Crippen molar-refractivity contribution in [3.8, 4) is 11.3 Å². The van der Waals surface area contributed by atoms with E-state index in [1.807, 2.05) is 18.2 Å². The molecule has 0 bridgehead atoms. The Bertz CT molecular complexity index is 811. The van der Waals surface area contributed by atoms with Crippen molar-refractivity contribution in [2.45, 2.75) is 39.8 Å². The predicted octanol–water partition coefficient (Wildman–Crippen LogP) is 4.42. The van der Waals surface area contributed by atoms with Gasteiger partial charge in [0.15, 0.2) is 0 Å². The van der Waals surface area contributed by atoms with Crippen LogP contribution in [0.4, 0.5) is 5.95 Å². The highest BCUT2D eigenvalue weighted by Crippen LogP contribution is 2.28. The molecule has 2 heterocycles. The van der Waals surface area contributed by atoms with Crippen LogP contribution in [0.3, 0.4) is 0 Å². The van der Waals surface area contributed by atoms with E-state index >= 15 is 0 Å². The molecule has 0 saturated carbocycles. The van der Waals surface area contributed by atoms with Gasteiger partial charge >= 0.3 is 0 Å². The Kier molecular flexibility index (Phi) is 5.30. The maximum Gasteiger partial charge on any atom is 0.243 e. The number of tetrazole rings is 1. The minimum Gasteiger partial charge on any atom is -0.459 e. The minimum absolute atomic E-state index is 0.544. The molecule has 1 aromatic carbocycles. The second kappa shape index (κ2) is 7.61. The quantitative estimate of drug-likeness (QED) is 0.647. The van der Waals surface area contributed by atoms with Crippen LogP contribution in [0.2, 0.25) is 0 Å². The molecule has 3 aromatic rings. The standard InChI is InChI=1S/C17H20BrN5O/c1-3-4-9-23-17(20-21-22-23)19-11-14-6-8-16(24-14)15-7-5-13(18)10-12(15)2/h5-8,10H,3-4,9,11H2,1-2H3,(H,19,20,22). The van der Waals surface area contributed by atoms with E-state index in [-0.39, 0.29) is 0 Å². The first-order valence-corrected chi connectivity index (χ1v) is 8.82. The number of nitrogens with zero attached hydrogens (tertiary/aromatic N) is 4. The summed E-state index contributed by atoms with van der Waals surface area (Å²) in [7, 11) is 0. The Morgan fingerprint density at radius 2 is 2.12 bits per heavy atom. The number of benzene rings is 1. The van der Waals surface area contributed by atoms with E-state index in [4.69, 9.17) is 4.42 Å². The van der Waals surface area contributed by atoms with Gasteiger partial charge in [-0.15, -0.1) is 0 Å². The number of unbranched alkanes of at least 4 members (excludes halogenated alkanes) is 1. The van der Waals surface area contributed by atoms with Gasteiger partial charge in [0.05, 0.1) is 6.54 Å². The van der Waals surface area contributed by atoms with Crippen molar-refractivity contribution in [1.82, 2.24) is 20.2 Å². The first-order valence-electron chi connectivity index (χ1n) is 8.02. The molecule has 7 heteroatoms. The maximum atomic E-state index is 5.95. The van der Waals surface area contributed by atoms with E-state index in [9.17, 15) is 0 Å². The molecule has 0 radical (unpaired) electrons. The third-order valence-electron chi connectivity index (χ3n) is 3.79. The summed E-state index contributed by atoms with van der Waals surface area (Å²) in [5.74, 6) is 2.38. The molecule has 0 fully saturated rings. The fourth-order valence-electron chi connectivity index (χ4n) is 2.48. The van der Waals surface area contributed by atoms with Crippen LogP contribution < -0.4 is 5.32 Å². The molecule has 0 saturated heterocycles. The average molecular weight is 390 g/mol. The first kappa shape index (κ1) is 16.7. The lowest BCUT2D eigenvalue weighted by molar-refractivity contribution is 0.526. The molecule has 0 spiro atoms. The van der Waals surface area contributed by atoms with Crippen molar-refractivity contribution in [3.63, 3.8) is 0 Å². The second-order valence-electron chi connectivity index (χ2n) is 5.66. The molecule has 126 valence electrons. The molecule has 0 atom stereocenters. The van der Waals surface area contributed by atoms with Crippen LogP contribution >= 0.6 is 15.9 Å². The summed E-state index contributed by atoms with van der Waals surface area (Å²) in [5.41, 5.74) is 2.26. The third kappa shape index (κ3) is 3.84. The predicted molar refractivity (Wildman–Crippen MR) is 96.6 cm³/mol. The lowest BCUT2D eigenvalue weighted by Gasteiger charge is -2.05. The number of nitrogens with one attached hydrogen (secondary N) is 1. The highest BCUT2D eigenvalue weighted by Gasteiger charge is 2.10. The summed E-state index contributed by atoms with van der Waals surface area (Å²) in [5, 5.41) is 15.0. The van der Waals surface area contributed by atoms with E-state index in [0.717, 1.165) is 40.9 Å². The smallest absolute Gasteiger partial charge is 0.243 e. The van der Waals surface area contributed by atoms with Crippen LogP contribution in [0.5, 0.6) is 0 Å². The van der Waals surface area contributed by atoms with Gasteiger partial charge in [0.1, 0.15) is 11.5 Å². The Balaban J connectivity index is 1.67. The Labute approximate surface area is 149 Å². The van der Waals surface area contributed by atoms with Gasteiger partial charge < -0.3 is 9.73 Å². The van der Waals surface area contributed by atoms with Gasteiger partial charge in [-0.25, -0.2) is 4.68 Å². The van der Waals surface area contributed by atoms with Gasteiger partial charge in [-0.2, -0.15) is 0 Å². The molecule has 3 rings (SSSR count). The molecule has 1 N–H and O–H groups in total. The van der Waals surface area contributed by atoms with Gasteiger partial charge in [0, 0.05) is 16.6 Å². The van der Waals surface area contributed by atoms with Gasteiger partial charge in [-0.05, 0) is 59.7 Å². The third-order valence-corrected chi connectivity index (χ3v) is 4.28. The summed E-state index contributed by atoms with van der Waals surface area (Å²) >= 11 is 3.48. The summed E-state index contributed by atoms with van der Waals surface area (Å²) < 4.78 is 8.80. The van der Waals surface area contributed by atoms with Crippen molar-refractivity contribution in [1.29, 1.82) is 0 Å². The van der Waals surface area contributed by atoms with Gasteiger partial charge in [0.25, 0.3) is 0 Å². The lowest BCUT2D eigenvalue weighted by Crippen LogP contribution is -2.08. The van der Waals surface area contributed by atoms with E-state index in [2.05, 4.69) is 62.8 Å². The molecule has 0 amide bonds. The molecule has 6 nitrogen and oxygen atoms in total. The van der Waals surface area contributed by atoms with Crippen LogP contribution in [0, 0.1) is 6.92 Å². The van der Waals surface area contributed by atoms with Crippen molar-refractivity contribution in [2.75, 3.05) is 5.32 Å². The van der Waals surface area contributed by atoms with Crippen LogP contribution in [0.25, 0.3) is 11.3 Å². The van der Waals surface area contributed by atoms with Gasteiger partial charge in [-0.1, -0.05) is 34.4 Å². The first-order chi connectivity index (χ1) is 11.7. The van der Waals surface area contributed by atoms with E-state index in [1.165, 1.54) is 5.56 Å². The van der Waals surface area contributed by atoms with Crippen LogP contribution in [0.1, 0.15) is 31.1 Å². The minimum atomic E-state index is 0.544. The maximum absolute atomic E-state index is 5.95. The zero-order valence-electron chi connectivity index (χ0n) is 13.8. The van der Waals surface area contributed by atoms with Crippen LogP contribution in [-0.4, -0.2) is 20.2 Å². The molecule has 24 heavy (non-hydrogen) atoms.